The molecule has 1 aromatic heterocycles. The van der Waals surface area contributed by atoms with Crippen molar-refractivity contribution in [1.29, 1.82) is 0 Å². The highest BCUT2D eigenvalue weighted by atomic mass is 35.5. The van der Waals surface area contributed by atoms with Crippen LogP contribution in [0.2, 0.25) is 5.02 Å². The van der Waals surface area contributed by atoms with E-state index in [0.717, 1.165) is 16.7 Å². The van der Waals surface area contributed by atoms with Crippen LogP contribution in [-0.4, -0.2) is 22.4 Å². The standard InChI is InChI=1S/C21H13ClFN3O3/c22-13-6-8-15(9-7-13)25-10-2-5-16(25)12-18-19(27)24-21(29)26(20(18)28)17-4-1-3-14(23)11-17/h1-12H,(H,24,27,29)/b18-12-. The van der Waals surface area contributed by atoms with Gasteiger partial charge in [-0.1, -0.05) is 17.7 Å². The number of benzene rings is 2. The summed E-state index contributed by atoms with van der Waals surface area (Å²) in [4.78, 5) is 38.2. The Balaban J connectivity index is 1.75. The first-order valence-electron chi connectivity index (χ1n) is 8.54. The maximum Gasteiger partial charge on any atom is 0.335 e. The number of amides is 4. The molecule has 1 saturated heterocycles. The van der Waals surface area contributed by atoms with E-state index in [1.807, 2.05) is 0 Å². The molecule has 3 aromatic rings. The van der Waals surface area contributed by atoms with Crippen LogP contribution in [-0.2, 0) is 9.59 Å². The Kier molecular flexibility index (Phi) is 4.74. The molecule has 0 bridgehead atoms. The van der Waals surface area contributed by atoms with Gasteiger partial charge in [0.05, 0.1) is 5.69 Å². The molecule has 2 aromatic carbocycles. The monoisotopic (exact) mass is 409 g/mol. The Bertz CT molecular complexity index is 1170. The molecule has 4 amide bonds. The number of anilines is 1. The molecule has 6 nitrogen and oxygen atoms in total. The SMILES string of the molecule is O=C1NC(=O)N(c2cccc(F)c2)C(=O)/C1=C\c1cccn1-c1ccc(Cl)cc1. The van der Waals surface area contributed by atoms with Crippen molar-refractivity contribution in [3.63, 3.8) is 0 Å². The molecule has 144 valence electrons. The van der Waals surface area contributed by atoms with E-state index in [1.54, 1.807) is 47.2 Å². The van der Waals surface area contributed by atoms with Crippen LogP contribution in [0.1, 0.15) is 5.69 Å². The molecule has 0 unspecified atom stereocenters. The number of urea groups is 1. The Morgan fingerprint density at radius 3 is 2.41 bits per heavy atom. The van der Waals surface area contributed by atoms with Crippen LogP contribution in [0.4, 0.5) is 14.9 Å². The fourth-order valence-corrected chi connectivity index (χ4v) is 3.13. The minimum Gasteiger partial charge on any atom is -0.317 e. The molecular formula is C21H13ClFN3O3. The molecule has 1 N–H and O–H groups in total. The molecule has 0 atom stereocenters. The van der Waals surface area contributed by atoms with Gasteiger partial charge in [-0.15, -0.1) is 0 Å². The highest BCUT2D eigenvalue weighted by Gasteiger charge is 2.37. The smallest absolute Gasteiger partial charge is 0.317 e. The van der Waals surface area contributed by atoms with E-state index in [1.165, 1.54) is 24.3 Å². The van der Waals surface area contributed by atoms with E-state index in [9.17, 15) is 18.8 Å². The number of hydrogen-bond acceptors (Lipinski definition) is 3. The fourth-order valence-electron chi connectivity index (χ4n) is 3.00. The molecule has 1 aliphatic heterocycles. The van der Waals surface area contributed by atoms with Crippen LogP contribution in [0.3, 0.4) is 0 Å². The van der Waals surface area contributed by atoms with Gasteiger partial charge in [0.25, 0.3) is 11.8 Å². The lowest BCUT2D eigenvalue weighted by Gasteiger charge is -2.26. The molecule has 0 radical (unpaired) electrons. The van der Waals surface area contributed by atoms with E-state index in [-0.39, 0.29) is 11.3 Å². The highest BCUT2D eigenvalue weighted by molar-refractivity contribution is 6.39. The topological polar surface area (TPSA) is 71.4 Å². The summed E-state index contributed by atoms with van der Waals surface area (Å²) < 4.78 is 15.3. The Morgan fingerprint density at radius 1 is 0.931 bits per heavy atom. The number of rotatable bonds is 3. The van der Waals surface area contributed by atoms with Crippen molar-refractivity contribution in [2.75, 3.05) is 4.90 Å². The molecule has 2 heterocycles. The molecule has 4 rings (SSSR count). The van der Waals surface area contributed by atoms with Gasteiger partial charge in [-0.25, -0.2) is 14.1 Å². The zero-order valence-electron chi connectivity index (χ0n) is 14.8. The molecule has 29 heavy (non-hydrogen) atoms. The minimum absolute atomic E-state index is 0.0268. The molecule has 1 aliphatic rings. The van der Waals surface area contributed by atoms with Gasteiger partial charge >= 0.3 is 6.03 Å². The minimum atomic E-state index is -0.934. The third-order valence-corrected chi connectivity index (χ3v) is 4.60. The second-order valence-electron chi connectivity index (χ2n) is 6.22. The third-order valence-electron chi connectivity index (χ3n) is 4.35. The van der Waals surface area contributed by atoms with E-state index >= 15 is 0 Å². The molecule has 8 heteroatoms. The summed E-state index contributed by atoms with van der Waals surface area (Å²) in [6, 6.07) is 14.6. The summed E-state index contributed by atoms with van der Waals surface area (Å²) >= 11 is 5.92. The fraction of sp³-hybridized carbons (Fsp3) is 0. The van der Waals surface area contributed by atoms with Crippen molar-refractivity contribution in [2.45, 2.75) is 0 Å². The van der Waals surface area contributed by atoms with Crippen LogP contribution in [0.5, 0.6) is 0 Å². The number of nitrogens with zero attached hydrogens (tertiary/aromatic N) is 2. The molecule has 0 aliphatic carbocycles. The van der Waals surface area contributed by atoms with E-state index < -0.39 is 23.7 Å². The quantitative estimate of drug-likeness (QED) is 0.526. The van der Waals surface area contributed by atoms with Crippen molar-refractivity contribution in [2.24, 2.45) is 0 Å². The number of carbonyl (C=O) groups excluding carboxylic acids is 3. The maximum atomic E-state index is 13.6. The number of carbonyl (C=O) groups is 3. The normalized spacial score (nSPS) is 15.7. The summed E-state index contributed by atoms with van der Waals surface area (Å²) in [5, 5.41) is 2.69. The van der Waals surface area contributed by atoms with Crippen LogP contribution in [0.15, 0.2) is 72.4 Å². The second kappa shape index (κ2) is 7.37. The zero-order valence-corrected chi connectivity index (χ0v) is 15.6. The van der Waals surface area contributed by atoms with Gasteiger partial charge < -0.3 is 4.57 Å². The van der Waals surface area contributed by atoms with Crippen molar-refractivity contribution in [1.82, 2.24) is 9.88 Å². The van der Waals surface area contributed by atoms with Gasteiger partial charge in [0.15, 0.2) is 0 Å². The average molecular weight is 410 g/mol. The lowest BCUT2D eigenvalue weighted by molar-refractivity contribution is -0.122. The molecule has 0 saturated carbocycles. The largest absolute Gasteiger partial charge is 0.335 e. The van der Waals surface area contributed by atoms with Crippen LogP contribution >= 0.6 is 11.6 Å². The van der Waals surface area contributed by atoms with Crippen LogP contribution in [0, 0.1) is 5.82 Å². The molecular weight excluding hydrogens is 397 g/mol. The van der Waals surface area contributed by atoms with Gasteiger partial charge in [-0.05, 0) is 60.7 Å². The van der Waals surface area contributed by atoms with Gasteiger partial charge in [0.1, 0.15) is 11.4 Å². The number of barbiturate groups is 1. The summed E-state index contributed by atoms with van der Waals surface area (Å²) in [6.45, 7) is 0. The number of hydrogen-bond donors (Lipinski definition) is 1. The van der Waals surface area contributed by atoms with Gasteiger partial charge in [0.2, 0.25) is 0 Å². The zero-order chi connectivity index (χ0) is 20.5. The van der Waals surface area contributed by atoms with Crippen LogP contribution < -0.4 is 10.2 Å². The van der Waals surface area contributed by atoms with Crippen molar-refractivity contribution >= 4 is 41.2 Å². The predicted octanol–water partition coefficient (Wildman–Crippen LogP) is 3.94. The Morgan fingerprint density at radius 2 is 1.69 bits per heavy atom. The lowest BCUT2D eigenvalue weighted by atomic mass is 10.1. The summed E-state index contributed by atoms with van der Waals surface area (Å²) in [6.07, 6.45) is 3.14. The van der Waals surface area contributed by atoms with Crippen molar-refractivity contribution in [3.05, 3.63) is 89.0 Å². The summed E-state index contributed by atoms with van der Waals surface area (Å²) in [5.74, 6) is -2.27. The first kappa shape index (κ1) is 18.6. The lowest BCUT2D eigenvalue weighted by Crippen LogP contribution is -2.54. The average Bonchev–Trinajstić information content (AvgIpc) is 3.14. The number of nitrogens with one attached hydrogen (secondary N) is 1. The Hall–Kier alpha value is -3.71. The summed E-state index contributed by atoms with van der Waals surface area (Å²) in [7, 11) is 0. The van der Waals surface area contributed by atoms with Gasteiger partial charge in [-0.3, -0.25) is 14.9 Å². The number of imide groups is 2. The third kappa shape index (κ3) is 3.55. The van der Waals surface area contributed by atoms with E-state index in [2.05, 4.69) is 5.32 Å². The van der Waals surface area contributed by atoms with Gasteiger partial charge in [-0.2, -0.15) is 0 Å². The Labute approximate surface area is 169 Å². The molecule has 1 fully saturated rings. The number of aromatic nitrogens is 1. The first-order chi connectivity index (χ1) is 13.9. The maximum absolute atomic E-state index is 13.6. The highest BCUT2D eigenvalue weighted by Crippen LogP contribution is 2.24. The number of halogens is 2. The van der Waals surface area contributed by atoms with Gasteiger partial charge in [0, 0.05) is 22.6 Å². The molecule has 0 spiro atoms. The van der Waals surface area contributed by atoms with Crippen LogP contribution in [0.25, 0.3) is 11.8 Å². The van der Waals surface area contributed by atoms with Crippen molar-refractivity contribution < 1.29 is 18.8 Å². The second-order valence-corrected chi connectivity index (χ2v) is 6.65. The van der Waals surface area contributed by atoms with Crippen molar-refractivity contribution in [3.8, 4) is 5.69 Å². The summed E-state index contributed by atoms with van der Waals surface area (Å²) in [5.41, 5.74) is 1.09. The predicted molar refractivity (Wildman–Crippen MR) is 106 cm³/mol. The van der Waals surface area contributed by atoms with E-state index in [4.69, 9.17) is 11.6 Å². The first-order valence-corrected chi connectivity index (χ1v) is 8.92. The van der Waals surface area contributed by atoms with E-state index in [0.29, 0.717) is 10.7 Å².